The Labute approximate surface area is 180 Å². The highest BCUT2D eigenvalue weighted by molar-refractivity contribution is 5.69. The van der Waals surface area contributed by atoms with Crippen LogP contribution in [-0.2, 0) is 16.1 Å². The third-order valence-corrected chi connectivity index (χ3v) is 6.02. The monoisotopic (exact) mass is 402 g/mol. The van der Waals surface area contributed by atoms with Gasteiger partial charge < -0.3 is 4.74 Å². The molecule has 0 aliphatic heterocycles. The minimum Gasteiger partial charge on any atom is -0.461 e. The van der Waals surface area contributed by atoms with E-state index in [-0.39, 0.29) is 5.97 Å². The number of carbonyl (C=O) groups is 1. The molecule has 0 bridgehead atoms. The van der Waals surface area contributed by atoms with E-state index in [1.165, 1.54) is 51.4 Å². The van der Waals surface area contributed by atoms with E-state index in [0.717, 1.165) is 29.7 Å². The molecule has 1 unspecified atom stereocenters. The maximum absolute atomic E-state index is 12.0. The van der Waals surface area contributed by atoms with Gasteiger partial charge in [0.1, 0.15) is 6.61 Å². The first-order chi connectivity index (χ1) is 13.9. The molecule has 29 heavy (non-hydrogen) atoms. The topological polar surface area (TPSA) is 26.3 Å². The van der Waals surface area contributed by atoms with Crippen LogP contribution in [0.25, 0.3) is 0 Å². The van der Waals surface area contributed by atoms with Crippen molar-refractivity contribution in [1.29, 1.82) is 0 Å². The molecule has 0 aliphatic carbocycles. The van der Waals surface area contributed by atoms with Crippen LogP contribution in [0.4, 0.5) is 0 Å². The lowest BCUT2D eigenvalue weighted by molar-refractivity contribution is -0.146. The summed E-state index contributed by atoms with van der Waals surface area (Å²) in [5.74, 6) is 2.86. The molecular formula is C27H46O2. The lowest BCUT2D eigenvalue weighted by atomic mass is 9.91. The Bertz CT molecular complexity index is 523. The van der Waals surface area contributed by atoms with Gasteiger partial charge in [-0.3, -0.25) is 4.79 Å². The van der Waals surface area contributed by atoms with Gasteiger partial charge in [0.25, 0.3) is 0 Å². The summed E-state index contributed by atoms with van der Waals surface area (Å²) < 4.78 is 5.40. The van der Waals surface area contributed by atoms with Crippen molar-refractivity contribution in [2.24, 2.45) is 23.7 Å². The molecule has 0 N–H and O–H groups in total. The van der Waals surface area contributed by atoms with Crippen molar-refractivity contribution in [3.05, 3.63) is 35.9 Å². The lowest BCUT2D eigenvalue weighted by Crippen LogP contribution is -2.10. The summed E-state index contributed by atoms with van der Waals surface area (Å²) in [6.07, 6.45) is 12.4. The van der Waals surface area contributed by atoms with Gasteiger partial charge in [-0.05, 0) is 29.2 Å². The van der Waals surface area contributed by atoms with Crippen molar-refractivity contribution in [1.82, 2.24) is 0 Å². The van der Waals surface area contributed by atoms with Gasteiger partial charge in [-0.25, -0.2) is 0 Å². The first kappa shape index (κ1) is 25.7. The Morgan fingerprint density at radius 1 is 0.724 bits per heavy atom. The molecule has 0 aromatic heterocycles. The second-order valence-electron chi connectivity index (χ2n) is 9.85. The molecule has 2 nitrogen and oxygen atoms in total. The standard InChI is InChI=1S/C27H46O2/c1-22(2)12-9-13-23(3)14-10-15-24(4)16-11-17-25(5)20-27(28)29-21-26-18-7-6-8-19-26/h6-8,18-19,22-25H,9-17,20-21H2,1-5H3/t23-,24-,25?/m1/s1. The number of hydrogen-bond acceptors (Lipinski definition) is 2. The van der Waals surface area contributed by atoms with Crippen LogP contribution >= 0.6 is 0 Å². The molecule has 2 heteroatoms. The molecule has 0 fully saturated rings. The third kappa shape index (κ3) is 14.3. The third-order valence-electron chi connectivity index (χ3n) is 6.02. The zero-order valence-electron chi connectivity index (χ0n) is 19.8. The Kier molecular flexibility index (Phi) is 13.8. The molecule has 0 heterocycles. The molecule has 3 atom stereocenters. The van der Waals surface area contributed by atoms with Crippen LogP contribution in [0.3, 0.4) is 0 Å². The van der Waals surface area contributed by atoms with E-state index in [0.29, 0.717) is 18.9 Å². The number of benzene rings is 1. The summed E-state index contributed by atoms with van der Waals surface area (Å²) >= 11 is 0. The predicted octanol–water partition coefficient (Wildman–Crippen LogP) is 8.20. The largest absolute Gasteiger partial charge is 0.461 e. The summed E-state index contributed by atoms with van der Waals surface area (Å²) in [5.41, 5.74) is 1.05. The van der Waals surface area contributed by atoms with E-state index in [2.05, 4.69) is 34.6 Å². The van der Waals surface area contributed by atoms with Crippen molar-refractivity contribution in [3.63, 3.8) is 0 Å². The van der Waals surface area contributed by atoms with Gasteiger partial charge in [-0.2, -0.15) is 0 Å². The molecule has 1 rings (SSSR count). The van der Waals surface area contributed by atoms with Crippen molar-refractivity contribution >= 4 is 5.97 Å². The van der Waals surface area contributed by atoms with Crippen molar-refractivity contribution in [3.8, 4) is 0 Å². The second kappa shape index (κ2) is 15.5. The maximum Gasteiger partial charge on any atom is 0.306 e. The Morgan fingerprint density at radius 2 is 1.21 bits per heavy atom. The minimum absolute atomic E-state index is 0.0687. The fraction of sp³-hybridized carbons (Fsp3) is 0.741. The number of esters is 1. The van der Waals surface area contributed by atoms with Crippen LogP contribution in [-0.4, -0.2) is 5.97 Å². The van der Waals surface area contributed by atoms with Crippen molar-refractivity contribution in [2.75, 3.05) is 0 Å². The van der Waals surface area contributed by atoms with E-state index in [9.17, 15) is 4.79 Å². The van der Waals surface area contributed by atoms with E-state index < -0.39 is 0 Å². The van der Waals surface area contributed by atoms with Gasteiger partial charge in [0.2, 0.25) is 0 Å². The van der Waals surface area contributed by atoms with E-state index in [1.54, 1.807) is 0 Å². The molecule has 0 spiro atoms. The Morgan fingerprint density at radius 3 is 1.72 bits per heavy atom. The average Bonchev–Trinajstić information content (AvgIpc) is 2.67. The fourth-order valence-electron chi connectivity index (χ4n) is 3.98. The Balaban J connectivity index is 2.03. The zero-order valence-corrected chi connectivity index (χ0v) is 19.8. The molecule has 0 saturated heterocycles. The molecule has 0 radical (unpaired) electrons. The number of rotatable bonds is 16. The van der Waals surface area contributed by atoms with Crippen molar-refractivity contribution in [2.45, 2.75) is 105 Å². The second-order valence-corrected chi connectivity index (χ2v) is 9.85. The Hall–Kier alpha value is -1.31. The van der Waals surface area contributed by atoms with E-state index in [1.807, 2.05) is 30.3 Å². The molecule has 1 aromatic rings. The number of carbonyl (C=O) groups excluding carboxylic acids is 1. The van der Waals surface area contributed by atoms with Gasteiger partial charge in [0, 0.05) is 6.42 Å². The predicted molar refractivity (Wildman–Crippen MR) is 125 cm³/mol. The summed E-state index contributed by atoms with van der Waals surface area (Å²) in [5, 5.41) is 0. The molecular weight excluding hydrogens is 356 g/mol. The molecule has 0 saturated carbocycles. The van der Waals surface area contributed by atoms with Crippen LogP contribution in [0.15, 0.2) is 30.3 Å². The number of hydrogen-bond donors (Lipinski definition) is 0. The summed E-state index contributed by atoms with van der Waals surface area (Å²) in [6, 6.07) is 9.90. The van der Waals surface area contributed by atoms with Crippen LogP contribution < -0.4 is 0 Å². The highest BCUT2D eigenvalue weighted by atomic mass is 16.5. The van der Waals surface area contributed by atoms with E-state index in [4.69, 9.17) is 4.74 Å². The van der Waals surface area contributed by atoms with Gasteiger partial charge in [-0.15, -0.1) is 0 Å². The number of ether oxygens (including phenoxy) is 1. The molecule has 166 valence electrons. The van der Waals surface area contributed by atoms with Crippen LogP contribution in [0.1, 0.15) is 104 Å². The van der Waals surface area contributed by atoms with E-state index >= 15 is 0 Å². The first-order valence-electron chi connectivity index (χ1n) is 12.1. The average molecular weight is 403 g/mol. The summed E-state index contributed by atoms with van der Waals surface area (Å²) in [4.78, 5) is 12.0. The summed E-state index contributed by atoms with van der Waals surface area (Å²) in [6.45, 7) is 12.0. The molecule has 0 aliphatic rings. The molecule has 1 aromatic carbocycles. The van der Waals surface area contributed by atoms with Gasteiger partial charge in [-0.1, -0.05) is 123 Å². The highest BCUT2D eigenvalue weighted by Gasteiger charge is 2.12. The van der Waals surface area contributed by atoms with Crippen molar-refractivity contribution < 1.29 is 9.53 Å². The first-order valence-corrected chi connectivity index (χ1v) is 12.1. The van der Waals surface area contributed by atoms with Gasteiger partial charge in [0.05, 0.1) is 0 Å². The quantitative estimate of drug-likeness (QED) is 0.260. The van der Waals surface area contributed by atoms with Crippen LogP contribution in [0, 0.1) is 23.7 Å². The van der Waals surface area contributed by atoms with Gasteiger partial charge >= 0.3 is 5.97 Å². The highest BCUT2D eigenvalue weighted by Crippen LogP contribution is 2.22. The SMILES string of the molecule is CC(C)CCC[C@@H](C)CCC[C@@H](C)CCCC(C)CC(=O)OCc1ccccc1. The fourth-order valence-corrected chi connectivity index (χ4v) is 3.98. The van der Waals surface area contributed by atoms with Gasteiger partial charge in [0.15, 0.2) is 0 Å². The smallest absolute Gasteiger partial charge is 0.306 e. The lowest BCUT2D eigenvalue weighted by Gasteiger charge is -2.16. The van der Waals surface area contributed by atoms with Crippen LogP contribution in [0.2, 0.25) is 0 Å². The minimum atomic E-state index is -0.0687. The molecule has 0 amide bonds. The zero-order chi connectivity index (χ0) is 21.5. The summed E-state index contributed by atoms with van der Waals surface area (Å²) in [7, 11) is 0. The van der Waals surface area contributed by atoms with Crippen LogP contribution in [0.5, 0.6) is 0 Å². The normalized spacial score (nSPS) is 14.6. The maximum atomic E-state index is 12.0.